The minimum atomic E-state index is -2.60. The van der Waals surface area contributed by atoms with Crippen LogP contribution in [0.25, 0.3) is 0 Å². The summed E-state index contributed by atoms with van der Waals surface area (Å²) in [5.74, 6) is -8.11. The Kier molecular flexibility index (Phi) is 6.65. The molecule has 6 atom stereocenters. The number of likely N-dealkylation sites (N-methyl/N-ethyl adjacent to an activating group) is 1. The van der Waals surface area contributed by atoms with Gasteiger partial charge in [-0.25, -0.2) is 4.39 Å². The number of aliphatic hydroxyl groups is 3. The third-order valence-corrected chi connectivity index (χ3v) is 9.58. The Morgan fingerprint density at radius 3 is 2.46 bits per heavy atom. The van der Waals surface area contributed by atoms with Crippen LogP contribution in [0.5, 0.6) is 5.75 Å². The van der Waals surface area contributed by atoms with Crippen molar-refractivity contribution in [2.24, 2.45) is 23.5 Å². The second-order valence-electron chi connectivity index (χ2n) is 12.2. The standard InChI is InChI=1S/C28H36FN3O7/c1-27(6-4-5-7-27)31-11-13-10-16(33)18-14(20(13)29)8-12-9-15-21(32(2)3)23(35)19(26(30)38)25(37)28(15,39)24(36)17(12)22(18)34/h10,12,15,17,21,24,31,33,35-36,39H,4-9,11H2,1-3H3,(H2,30,38)/t12-,15-,17?,21-,24?,28-/m0/s1. The highest BCUT2D eigenvalue weighted by Gasteiger charge is 2.66. The minimum absolute atomic E-state index is 0.0264. The topological polar surface area (TPSA) is 173 Å². The Balaban J connectivity index is 1.55. The smallest absolute Gasteiger partial charge is 0.255 e. The number of hydrogen-bond donors (Lipinski definition) is 6. The number of amides is 1. The molecule has 1 aromatic rings. The number of nitrogens with two attached hydrogens (primary N) is 1. The largest absolute Gasteiger partial charge is 0.510 e. The zero-order chi connectivity index (χ0) is 28.6. The van der Waals surface area contributed by atoms with Crippen molar-refractivity contribution in [2.45, 2.75) is 75.3 Å². The van der Waals surface area contributed by atoms with Crippen LogP contribution in [-0.4, -0.2) is 80.2 Å². The second-order valence-corrected chi connectivity index (χ2v) is 12.2. The lowest BCUT2D eigenvalue weighted by atomic mass is 9.53. The van der Waals surface area contributed by atoms with Crippen LogP contribution >= 0.6 is 0 Å². The molecular weight excluding hydrogens is 509 g/mol. The van der Waals surface area contributed by atoms with E-state index in [1.54, 1.807) is 14.1 Å². The number of rotatable bonds is 5. The van der Waals surface area contributed by atoms with E-state index in [1.807, 2.05) is 0 Å². The monoisotopic (exact) mass is 545 g/mol. The summed E-state index contributed by atoms with van der Waals surface area (Å²) >= 11 is 0. The van der Waals surface area contributed by atoms with Gasteiger partial charge in [0, 0.05) is 29.1 Å². The molecule has 11 heteroatoms. The van der Waals surface area contributed by atoms with Crippen molar-refractivity contribution in [1.29, 1.82) is 0 Å². The maximum absolute atomic E-state index is 15.9. The van der Waals surface area contributed by atoms with Crippen molar-refractivity contribution >= 4 is 17.5 Å². The Morgan fingerprint density at radius 1 is 1.23 bits per heavy atom. The number of hydrogen-bond acceptors (Lipinski definition) is 9. The van der Waals surface area contributed by atoms with E-state index in [9.17, 15) is 34.8 Å². The molecule has 0 spiro atoms. The molecule has 7 N–H and O–H groups in total. The highest BCUT2D eigenvalue weighted by Crippen LogP contribution is 2.53. The van der Waals surface area contributed by atoms with Crippen molar-refractivity contribution < 1.29 is 39.2 Å². The molecule has 39 heavy (non-hydrogen) atoms. The predicted molar refractivity (Wildman–Crippen MR) is 137 cm³/mol. The number of nitrogens with one attached hydrogen (secondary N) is 1. The van der Waals surface area contributed by atoms with Gasteiger partial charge in [-0.15, -0.1) is 0 Å². The first kappa shape index (κ1) is 27.7. The Morgan fingerprint density at radius 2 is 1.87 bits per heavy atom. The summed E-state index contributed by atoms with van der Waals surface area (Å²) in [5.41, 5.74) is 1.78. The van der Waals surface area contributed by atoms with E-state index in [2.05, 4.69) is 12.2 Å². The van der Waals surface area contributed by atoms with Gasteiger partial charge in [-0.3, -0.25) is 19.3 Å². The van der Waals surface area contributed by atoms with Crippen molar-refractivity contribution in [3.8, 4) is 5.75 Å². The zero-order valence-corrected chi connectivity index (χ0v) is 22.3. The summed E-state index contributed by atoms with van der Waals surface area (Å²) in [6, 6.07) is 0.146. The molecule has 1 aromatic carbocycles. The Hall–Kier alpha value is -2.86. The van der Waals surface area contributed by atoms with Crippen molar-refractivity contribution in [1.82, 2.24) is 10.2 Å². The van der Waals surface area contributed by atoms with Crippen LogP contribution in [0.4, 0.5) is 4.39 Å². The number of benzene rings is 1. The maximum Gasteiger partial charge on any atom is 0.255 e. The number of nitrogens with zero attached hydrogens (tertiary/aromatic N) is 1. The van der Waals surface area contributed by atoms with E-state index in [-0.39, 0.29) is 41.6 Å². The number of aliphatic hydroxyl groups excluding tert-OH is 2. The van der Waals surface area contributed by atoms with Gasteiger partial charge in [0.15, 0.2) is 11.4 Å². The van der Waals surface area contributed by atoms with Gasteiger partial charge in [-0.05, 0) is 58.7 Å². The summed E-state index contributed by atoms with van der Waals surface area (Å²) < 4.78 is 15.9. The third-order valence-electron chi connectivity index (χ3n) is 9.58. The molecule has 10 nitrogen and oxygen atoms in total. The van der Waals surface area contributed by atoms with Gasteiger partial charge in [0.05, 0.1) is 17.5 Å². The molecule has 0 saturated heterocycles. The first-order valence-electron chi connectivity index (χ1n) is 13.4. The van der Waals surface area contributed by atoms with Crippen LogP contribution in [0.1, 0.15) is 60.5 Å². The first-order chi connectivity index (χ1) is 18.2. The van der Waals surface area contributed by atoms with Crippen LogP contribution in [0.2, 0.25) is 0 Å². The van der Waals surface area contributed by atoms with Gasteiger partial charge in [-0.1, -0.05) is 12.8 Å². The number of phenolic OH excluding ortho intramolecular Hbond substituents is 1. The van der Waals surface area contributed by atoms with E-state index < -0.39 is 75.9 Å². The van der Waals surface area contributed by atoms with Crippen molar-refractivity contribution in [3.05, 3.63) is 39.9 Å². The molecule has 4 aliphatic rings. The fraction of sp³-hybridized carbons (Fsp3) is 0.607. The molecule has 0 aromatic heterocycles. The van der Waals surface area contributed by atoms with Crippen molar-refractivity contribution in [2.75, 3.05) is 14.1 Å². The number of phenols is 1. The van der Waals surface area contributed by atoms with Gasteiger partial charge in [0.1, 0.15) is 29.0 Å². The van der Waals surface area contributed by atoms with E-state index in [1.165, 1.54) is 11.0 Å². The predicted octanol–water partition coefficient (Wildman–Crippen LogP) is 0.847. The Bertz CT molecular complexity index is 1290. The van der Waals surface area contributed by atoms with Crippen LogP contribution in [0.15, 0.2) is 17.4 Å². The number of Topliss-reactive ketones (excluding diaryl/α,β-unsaturated/α-hetero) is 2. The molecule has 4 aliphatic carbocycles. The maximum atomic E-state index is 15.9. The number of aromatic hydroxyl groups is 1. The molecule has 2 saturated carbocycles. The lowest BCUT2D eigenvalue weighted by molar-refractivity contribution is -0.190. The number of primary amides is 1. The molecular formula is C28H36FN3O7. The minimum Gasteiger partial charge on any atom is -0.510 e. The number of carbonyl (C=O) groups is 3. The quantitative estimate of drug-likeness (QED) is 0.293. The normalized spacial score (nSPS) is 33.7. The van der Waals surface area contributed by atoms with Gasteiger partial charge >= 0.3 is 0 Å². The van der Waals surface area contributed by atoms with Gasteiger partial charge < -0.3 is 31.5 Å². The molecule has 2 fully saturated rings. The van der Waals surface area contributed by atoms with Crippen LogP contribution in [0.3, 0.4) is 0 Å². The molecule has 0 heterocycles. The fourth-order valence-corrected chi connectivity index (χ4v) is 7.56. The fourth-order valence-electron chi connectivity index (χ4n) is 7.56. The second kappa shape index (κ2) is 9.36. The number of fused-ring (bicyclic) bond motifs is 3. The van der Waals surface area contributed by atoms with Gasteiger partial charge in [0.25, 0.3) is 5.91 Å². The number of carbonyl (C=O) groups excluding carboxylic acids is 3. The molecule has 1 amide bonds. The molecule has 5 rings (SSSR count). The summed E-state index contributed by atoms with van der Waals surface area (Å²) in [4.78, 5) is 40.6. The molecule has 0 aliphatic heterocycles. The van der Waals surface area contributed by atoms with E-state index in [0.717, 1.165) is 25.7 Å². The zero-order valence-electron chi connectivity index (χ0n) is 22.3. The average molecular weight is 546 g/mol. The molecule has 2 unspecified atom stereocenters. The highest BCUT2D eigenvalue weighted by atomic mass is 19.1. The SMILES string of the molecule is CN(C)[C@@H]1C(O)=C(C(N)=O)C(=O)[C@@]2(O)C(O)C3C(=O)c4c(O)cc(CNC5(C)CCCC5)c(F)c4C[C@H]3C[C@@H]12. The summed E-state index contributed by atoms with van der Waals surface area (Å²) in [6.07, 6.45) is 2.04. The summed E-state index contributed by atoms with van der Waals surface area (Å²) in [7, 11) is 3.13. The molecule has 0 radical (unpaired) electrons. The van der Waals surface area contributed by atoms with Crippen LogP contribution < -0.4 is 11.1 Å². The Labute approximate surface area is 225 Å². The van der Waals surface area contributed by atoms with Gasteiger partial charge in [-0.2, -0.15) is 0 Å². The number of halogens is 1. The van der Waals surface area contributed by atoms with Gasteiger partial charge in [0.2, 0.25) is 5.78 Å². The summed E-state index contributed by atoms with van der Waals surface area (Å²) in [5, 5.41) is 48.1. The third kappa shape index (κ3) is 4.01. The summed E-state index contributed by atoms with van der Waals surface area (Å²) in [6.45, 7) is 2.25. The van der Waals surface area contributed by atoms with E-state index >= 15 is 4.39 Å². The average Bonchev–Trinajstić information content (AvgIpc) is 3.28. The van der Waals surface area contributed by atoms with E-state index in [0.29, 0.717) is 0 Å². The van der Waals surface area contributed by atoms with Crippen LogP contribution in [-0.2, 0) is 22.6 Å². The van der Waals surface area contributed by atoms with Crippen LogP contribution in [0, 0.1) is 23.6 Å². The lowest BCUT2D eigenvalue weighted by Crippen LogP contribution is -2.71. The highest BCUT2D eigenvalue weighted by molar-refractivity contribution is 6.23. The van der Waals surface area contributed by atoms with Crippen molar-refractivity contribution in [3.63, 3.8) is 0 Å². The number of ketones is 2. The van der Waals surface area contributed by atoms with E-state index in [4.69, 9.17) is 5.73 Å². The molecule has 212 valence electrons. The molecule has 0 bridgehead atoms. The lowest BCUT2D eigenvalue weighted by Gasteiger charge is -2.55. The first-order valence-corrected chi connectivity index (χ1v) is 13.4.